The predicted octanol–water partition coefficient (Wildman–Crippen LogP) is 1.19. The van der Waals surface area contributed by atoms with Crippen LogP contribution in [0.4, 0.5) is 10.5 Å². The molecule has 1 aromatic heterocycles. The van der Waals surface area contributed by atoms with Crippen molar-refractivity contribution in [2.75, 3.05) is 5.32 Å². The number of aromatic nitrogens is 2. The molecule has 0 aliphatic rings. The Hall–Kier alpha value is -3.10. The van der Waals surface area contributed by atoms with Crippen LogP contribution in [0.15, 0.2) is 27.8 Å². The Morgan fingerprint density at radius 1 is 1.15 bits per heavy atom. The van der Waals surface area contributed by atoms with Gasteiger partial charge in [-0.05, 0) is 39.0 Å². The van der Waals surface area contributed by atoms with Crippen molar-refractivity contribution < 1.29 is 14.7 Å². The summed E-state index contributed by atoms with van der Waals surface area (Å²) in [6.45, 7) is 5.78. The normalized spacial score (nSPS) is 12.0. The van der Waals surface area contributed by atoms with Crippen LogP contribution in [0.5, 0.6) is 0 Å². The summed E-state index contributed by atoms with van der Waals surface area (Å²) in [6.07, 6.45) is -1.24. The van der Waals surface area contributed by atoms with E-state index in [9.17, 15) is 19.2 Å². The molecule has 2 amide bonds. The van der Waals surface area contributed by atoms with E-state index in [2.05, 4.69) is 10.6 Å². The number of aryl methyl sites for hydroxylation is 1. The lowest BCUT2D eigenvalue weighted by atomic mass is 10.2. The van der Waals surface area contributed by atoms with Crippen molar-refractivity contribution in [1.82, 2.24) is 14.5 Å². The highest BCUT2D eigenvalue weighted by Crippen LogP contribution is 2.16. The molecule has 1 heterocycles. The van der Waals surface area contributed by atoms with Crippen LogP contribution < -0.4 is 21.9 Å². The van der Waals surface area contributed by atoms with Crippen molar-refractivity contribution in [3.8, 4) is 0 Å². The van der Waals surface area contributed by atoms with Crippen LogP contribution in [0, 0.1) is 0 Å². The summed E-state index contributed by atoms with van der Waals surface area (Å²) in [7, 11) is 0. The highest BCUT2D eigenvalue weighted by Gasteiger charge is 2.14. The summed E-state index contributed by atoms with van der Waals surface area (Å²) in [4.78, 5) is 47.5. The topological polar surface area (TPSA) is 122 Å². The molecule has 0 radical (unpaired) electrons. The first-order chi connectivity index (χ1) is 12.3. The Balaban J connectivity index is 2.37. The third kappa shape index (κ3) is 3.93. The number of amides is 2. The molecule has 3 N–H and O–H groups in total. The fourth-order valence-corrected chi connectivity index (χ4v) is 2.84. The smallest absolute Gasteiger partial charge is 0.404 e. The largest absolute Gasteiger partial charge is 0.465 e. The zero-order valence-electron chi connectivity index (χ0n) is 14.9. The molecule has 0 saturated heterocycles. The van der Waals surface area contributed by atoms with Crippen molar-refractivity contribution in [2.24, 2.45) is 0 Å². The maximum absolute atomic E-state index is 12.5. The predicted molar refractivity (Wildman–Crippen MR) is 97.7 cm³/mol. The van der Waals surface area contributed by atoms with Crippen LogP contribution in [-0.4, -0.2) is 32.3 Å². The molecule has 1 atom stereocenters. The van der Waals surface area contributed by atoms with E-state index in [4.69, 9.17) is 5.11 Å². The van der Waals surface area contributed by atoms with E-state index in [1.165, 1.54) is 10.6 Å². The summed E-state index contributed by atoms with van der Waals surface area (Å²) in [5.41, 5.74) is 0.143. The van der Waals surface area contributed by atoms with Gasteiger partial charge in [0.15, 0.2) is 0 Å². The zero-order valence-corrected chi connectivity index (χ0v) is 14.9. The van der Waals surface area contributed by atoms with Crippen molar-refractivity contribution in [2.45, 2.75) is 46.3 Å². The minimum atomic E-state index is -1.20. The summed E-state index contributed by atoms with van der Waals surface area (Å²) in [6, 6.07) is 4.21. The van der Waals surface area contributed by atoms with Gasteiger partial charge in [0, 0.05) is 31.2 Å². The van der Waals surface area contributed by atoms with Gasteiger partial charge in [0.2, 0.25) is 5.91 Å². The number of carbonyl (C=O) groups excluding carboxylic acids is 1. The van der Waals surface area contributed by atoms with Crippen LogP contribution in [-0.2, 0) is 17.9 Å². The Bertz CT molecular complexity index is 960. The molecule has 0 aliphatic carbocycles. The molecule has 2 aromatic rings. The second-order valence-corrected chi connectivity index (χ2v) is 5.91. The third-order valence-corrected chi connectivity index (χ3v) is 4.00. The highest BCUT2D eigenvalue weighted by atomic mass is 16.4. The van der Waals surface area contributed by atoms with Crippen LogP contribution in [0.3, 0.4) is 0 Å². The van der Waals surface area contributed by atoms with E-state index in [0.29, 0.717) is 23.1 Å². The Kier molecular flexibility index (Phi) is 5.81. The minimum absolute atomic E-state index is 0.0437. The number of nitrogens with zero attached hydrogens (tertiary/aromatic N) is 2. The maximum atomic E-state index is 12.5. The standard InChI is InChI=1S/C17H22N4O5/c1-4-20-13-7-6-11(19-14(22)8-10(3)18-16(24)25)9-12(13)15(23)21(5-2)17(20)26/h6-7,9-10,18H,4-5,8H2,1-3H3,(H,19,22)(H,24,25). The van der Waals surface area contributed by atoms with Crippen LogP contribution in [0.2, 0.25) is 0 Å². The van der Waals surface area contributed by atoms with Crippen LogP contribution in [0.25, 0.3) is 10.9 Å². The number of carboxylic acid groups (broad SMARTS) is 1. The number of rotatable bonds is 6. The second kappa shape index (κ2) is 7.85. The van der Waals surface area contributed by atoms with Gasteiger partial charge in [0.25, 0.3) is 5.56 Å². The summed E-state index contributed by atoms with van der Waals surface area (Å²) >= 11 is 0. The quantitative estimate of drug-likeness (QED) is 0.712. The van der Waals surface area contributed by atoms with E-state index in [0.717, 1.165) is 4.57 Å². The number of nitrogens with one attached hydrogen (secondary N) is 2. The lowest BCUT2D eigenvalue weighted by molar-refractivity contribution is -0.116. The molecule has 9 heteroatoms. The molecule has 1 aromatic carbocycles. The van der Waals surface area contributed by atoms with E-state index >= 15 is 0 Å². The summed E-state index contributed by atoms with van der Waals surface area (Å²) < 4.78 is 2.65. The summed E-state index contributed by atoms with van der Waals surface area (Å²) in [5.74, 6) is -0.384. The number of carbonyl (C=O) groups is 2. The Morgan fingerprint density at radius 2 is 1.81 bits per heavy atom. The molecule has 0 bridgehead atoms. The molecule has 0 spiro atoms. The number of fused-ring (bicyclic) bond motifs is 1. The average molecular weight is 362 g/mol. The first kappa shape index (κ1) is 19.2. The van der Waals surface area contributed by atoms with Crippen molar-refractivity contribution in [1.29, 1.82) is 0 Å². The van der Waals surface area contributed by atoms with Gasteiger partial charge in [-0.3, -0.25) is 18.7 Å². The summed E-state index contributed by atoms with van der Waals surface area (Å²) in [5, 5.41) is 13.8. The van der Waals surface area contributed by atoms with E-state index in [1.807, 2.05) is 6.92 Å². The van der Waals surface area contributed by atoms with E-state index in [-0.39, 0.29) is 24.6 Å². The van der Waals surface area contributed by atoms with Gasteiger partial charge >= 0.3 is 11.8 Å². The van der Waals surface area contributed by atoms with Crippen molar-refractivity contribution in [3.05, 3.63) is 39.0 Å². The molecule has 140 valence electrons. The van der Waals surface area contributed by atoms with Crippen molar-refractivity contribution in [3.63, 3.8) is 0 Å². The lowest BCUT2D eigenvalue weighted by Crippen LogP contribution is -2.39. The first-order valence-electron chi connectivity index (χ1n) is 8.35. The van der Waals surface area contributed by atoms with Crippen molar-refractivity contribution >= 4 is 28.6 Å². The van der Waals surface area contributed by atoms with Gasteiger partial charge < -0.3 is 15.7 Å². The van der Waals surface area contributed by atoms with E-state index in [1.54, 1.807) is 26.0 Å². The maximum Gasteiger partial charge on any atom is 0.404 e. The third-order valence-electron chi connectivity index (χ3n) is 4.00. The molecular weight excluding hydrogens is 340 g/mol. The second-order valence-electron chi connectivity index (χ2n) is 5.91. The molecule has 1 unspecified atom stereocenters. The van der Waals surface area contributed by atoms with E-state index < -0.39 is 17.7 Å². The van der Waals surface area contributed by atoms with Gasteiger partial charge in [-0.2, -0.15) is 0 Å². The zero-order chi connectivity index (χ0) is 19.4. The van der Waals surface area contributed by atoms with Gasteiger partial charge in [-0.1, -0.05) is 0 Å². The molecular formula is C17H22N4O5. The number of benzene rings is 1. The molecule has 0 aliphatic heterocycles. The Morgan fingerprint density at radius 3 is 2.38 bits per heavy atom. The van der Waals surface area contributed by atoms with Gasteiger partial charge in [-0.25, -0.2) is 9.59 Å². The van der Waals surface area contributed by atoms with Gasteiger partial charge in [-0.15, -0.1) is 0 Å². The van der Waals surface area contributed by atoms with Gasteiger partial charge in [0.05, 0.1) is 10.9 Å². The highest BCUT2D eigenvalue weighted by molar-refractivity contribution is 5.94. The fourth-order valence-electron chi connectivity index (χ4n) is 2.84. The van der Waals surface area contributed by atoms with Crippen LogP contribution >= 0.6 is 0 Å². The Labute approximate surface area is 149 Å². The molecule has 9 nitrogen and oxygen atoms in total. The number of hydrogen-bond donors (Lipinski definition) is 3. The minimum Gasteiger partial charge on any atom is -0.465 e. The molecule has 26 heavy (non-hydrogen) atoms. The van der Waals surface area contributed by atoms with Crippen LogP contribution in [0.1, 0.15) is 27.2 Å². The molecule has 0 fully saturated rings. The monoisotopic (exact) mass is 362 g/mol. The molecule has 2 rings (SSSR count). The molecule has 0 saturated carbocycles. The average Bonchev–Trinajstić information content (AvgIpc) is 2.55. The first-order valence-corrected chi connectivity index (χ1v) is 8.35. The van der Waals surface area contributed by atoms with Gasteiger partial charge in [0.1, 0.15) is 0 Å². The number of anilines is 1. The SMILES string of the molecule is CCn1c(=O)c2cc(NC(=O)CC(C)NC(=O)O)ccc2n(CC)c1=O. The fraction of sp³-hybridized carbons (Fsp3) is 0.412. The lowest BCUT2D eigenvalue weighted by Gasteiger charge is -2.14. The number of hydrogen-bond acceptors (Lipinski definition) is 4.